The molecule has 0 saturated carbocycles. The summed E-state index contributed by atoms with van der Waals surface area (Å²) in [6, 6.07) is 6.23. The van der Waals surface area contributed by atoms with E-state index in [-0.39, 0.29) is 6.01 Å². The van der Waals surface area contributed by atoms with E-state index in [2.05, 4.69) is 41.5 Å². The van der Waals surface area contributed by atoms with Crippen molar-refractivity contribution >= 4 is 33.5 Å². The van der Waals surface area contributed by atoms with Crippen molar-refractivity contribution in [3.05, 3.63) is 28.2 Å². The lowest BCUT2D eigenvalue weighted by atomic mass is 10.2. The van der Waals surface area contributed by atoms with E-state index < -0.39 is 0 Å². The second-order valence-electron chi connectivity index (χ2n) is 4.08. The molecule has 106 valence electrons. The normalized spacial score (nSPS) is 10.2. The van der Waals surface area contributed by atoms with E-state index in [1.165, 1.54) is 7.11 Å². The second kappa shape index (κ2) is 6.51. The van der Waals surface area contributed by atoms with Crippen LogP contribution in [0.2, 0.25) is 0 Å². The second-order valence-corrected chi connectivity index (χ2v) is 5.00. The molecule has 20 heavy (non-hydrogen) atoms. The van der Waals surface area contributed by atoms with Crippen molar-refractivity contribution < 1.29 is 4.74 Å². The maximum absolute atomic E-state index is 5.08. The summed E-state index contributed by atoms with van der Waals surface area (Å²) in [5, 5.41) is 6.22. The number of aryl methyl sites for hydroxylation is 1. The number of nitrogens with zero attached hydrogens (tertiary/aromatic N) is 3. The molecule has 0 aliphatic carbocycles. The first-order valence-electron chi connectivity index (χ1n) is 6.19. The molecule has 0 radical (unpaired) electrons. The van der Waals surface area contributed by atoms with Crippen molar-refractivity contribution in [2.45, 2.75) is 13.8 Å². The predicted octanol–water partition coefficient (Wildman–Crippen LogP) is 3.13. The fraction of sp³-hybridized carbons (Fsp3) is 0.308. The van der Waals surface area contributed by atoms with Gasteiger partial charge < -0.3 is 15.4 Å². The Bertz CT molecular complexity index is 605. The minimum atomic E-state index is 0.270. The standard InChI is InChI=1S/C13H16BrN5O/c1-4-15-11-17-12(19-13(18-11)20-3)16-10-7-9(14)6-5-8(10)2/h5-7H,4H2,1-3H3,(H2,15,16,17,18,19). The van der Waals surface area contributed by atoms with Gasteiger partial charge in [0, 0.05) is 16.7 Å². The largest absolute Gasteiger partial charge is 0.467 e. The van der Waals surface area contributed by atoms with Crippen molar-refractivity contribution in [2.24, 2.45) is 0 Å². The minimum Gasteiger partial charge on any atom is -0.467 e. The summed E-state index contributed by atoms with van der Waals surface area (Å²) < 4.78 is 6.07. The van der Waals surface area contributed by atoms with E-state index in [4.69, 9.17) is 4.74 Å². The van der Waals surface area contributed by atoms with Crippen LogP contribution in [0.15, 0.2) is 22.7 Å². The molecule has 2 N–H and O–H groups in total. The molecule has 0 bridgehead atoms. The summed E-state index contributed by atoms with van der Waals surface area (Å²) in [5.41, 5.74) is 2.02. The molecule has 2 aromatic rings. The van der Waals surface area contributed by atoms with Gasteiger partial charge in [-0.1, -0.05) is 22.0 Å². The SMILES string of the molecule is CCNc1nc(Nc2cc(Br)ccc2C)nc(OC)n1. The number of nitrogens with one attached hydrogen (secondary N) is 2. The van der Waals surface area contributed by atoms with Gasteiger partial charge in [-0.15, -0.1) is 0 Å². The fourth-order valence-corrected chi connectivity index (χ4v) is 1.95. The molecule has 0 aliphatic heterocycles. The first-order valence-corrected chi connectivity index (χ1v) is 6.98. The van der Waals surface area contributed by atoms with Gasteiger partial charge in [-0.2, -0.15) is 15.0 Å². The highest BCUT2D eigenvalue weighted by Gasteiger charge is 2.08. The van der Waals surface area contributed by atoms with Crippen molar-refractivity contribution in [2.75, 3.05) is 24.3 Å². The Morgan fingerprint density at radius 3 is 2.65 bits per heavy atom. The van der Waals surface area contributed by atoms with Crippen molar-refractivity contribution in [1.29, 1.82) is 0 Å². The van der Waals surface area contributed by atoms with E-state index in [1.54, 1.807) is 0 Å². The van der Waals surface area contributed by atoms with Gasteiger partial charge in [0.05, 0.1) is 7.11 Å². The van der Waals surface area contributed by atoms with Gasteiger partial charge in [0.1, 0.15) is 0 Å². The van der Waals surface area contributed by atoms with E-state index >= 15 is 0 Å². The molecule has 0 atom stereocenters. The molecule has 0 spiro atoms. The number of ether oxygens (including phenoxy) is 1. The Morgan fingerprint density at radius 2 is 1.95 bits per heavy atom. The van der Waals surface area contributed by atoms with Crippen LogP contribution >= 0.6 is 15.9 Å². The summed E-state index contributed by atoms with van der Waals surface area (Å²) in [6.45, 7) is 4.71. The van der Waals surface area contributed by atoms with Crippen LogP contribution in [0.3, 0.4) is 0 Å². The Kier molecular flexibility index (Phi) is 4.73. The first-order chi connectivity index (χ1) is 9.62. The highest BCUT2D eigenvalue weighted by molar-refractivity contribution is 9.10. The van der Waals surface area contributed by atoms with Gasteiger partial charge in [0.25, 0.3) is 0 Å². The molecule has 2 rings (SSSR count). The summed E-state index contributed by atoms with van der Waals surface area (Å²) in [4.78, 5) is 12.6. The van der Waals surface area contributed by atoms with Gasteiger partial charge in [0.2, 0.25) is 11.9 Å². The Labute approximate surface area is 126 Å². The zero-order valence-electron chi connectivity index (χ0n) is 11.6. The molecule has 6 nitrogen and oxygen atoms in total. The lowest BCUT2D eigenvalue weighted by molar-refractivity contribution is 0.379. The van der Waals surface area contributed by atoms with Crippen LogP contribution in [0.5, 0.6) is 6.01 Å². The average Bonchev–Trinajstić information content (AvgIpc) is 2.43. The Balaban J connectivity index is 2.32. The molecule has 0 fully saturated rings. The quantitative estimate of drug-likeness (QED) is 0.873. The lowest BCUT2D eigenvalue weighted by Gasteiger charge is -2.10. The summed E-state index contributed by atoms with van der Waals surface area (Å²) in [5.74, 6) is 0.920. The Morgan fingerprint density at radius 1 is 1.20 bits per heavy atom. The zero-order chi connectivity index (χ0) is 14.5. The van der Waals surface area contributed by atoms with Gasteiger partial charge in [-0.05, 0) is 31.5 Å². The molecular weight excluding hydrogens is 322 g/mol. The average molecular weight is 338 g/mol. The fourth-order valence-electron chi connectivity index (χ4n) is 1.59. The Hall–Kier alpha value is -1.89. The zero-order valence-corrected chi connectivity index (χ0v) is 13.2. The van der Waals surface area contributed by atoms with Crippen molar-refractivity contribution in [3.63, 3.8) is 0 Å². The summed E-state index contributed by atoms with van der Waals surface area (Å²) in [7, 11) is 1.53. The number of hydrogen-bond donors (Lipinski definition) is 2. The van der Waals surface area contributed by atoms with E-state index in [1.807, 2.05) is 32.0 Å². The van der Waals surface area contributed by atoms with Crippen LogP contribution in [0, 0.1) is 6.92 Å². The third kappa shape index (κ3) is 3.57. The molecule has 0 aliphatic rings. The molecular formula is C13H16BrN5O. The molecule has 1 aromatic heterocycles. The maximum Gasteiger partial charge on any atom is 0.322 e. The van der Waals surface area contributed by atoms with Crippen LogP contribution in [-0.2, 0) is 0 Å². The number of halogens is 1. The minimum absolute atomic E-state index is 0.270. The van der Waals surface area contributed by atoms with E-state index in [0.717, 1.165) is 22.3 Å². The topological polar surface area (TPSA) is 72.0 Å². The van der Waals surface area contributed by atoms with Crippen LogP contribution in [0.4, 0.5) is 17.6 Å². The van der Waals surface area contributed by atoms with Crippen molar-refractivity contribution in [1.82, 2.24) is 15.0 Å². The number of anilines is 3. The number of hydrogen-bond acceptors (Lipinski definition) is 6. The van der Waals surface area contributed by atoms with Crippen LogP contribution in [0.25, 0.3) is 0 Å². The first kappa shape index (κ1) is 14.5. The number of rotatable bonds is 5. The molecule has 0 saturated heterocycles. The smallest absolute Gasteiger partial charge is 0.322 e. The number of aromatic nitrogens is 3. The van der Waals surface area contributed by atoms with Gasteiger partial charge in [-0.3, -0.25) is 0 Å². The monoisotopic (exact) mass is 337 g/mol. The number of methoxy groups -OCH3 is 1. The third-order valence-electron chi connectivity index (χ3n) is 2.58. The highest BCUT2D eigenvalue weighted by Crippen LogP contribution is 2.23. The molecule has 0 unspecified atom stereocenters. The van der Waals surface area contributed by atoms with Gasteiger partial charge in [0.15, 0.2) is 0 Å². The van der Waals surface area contributed by atoms with Gasteiger partial charge >= 0.3 is 6.01 Å². The molecule has 0 amide bonds. The van der Waals surface area contributed by atoms with Crippen LogP contribution in [-0.4, -0.2) is 28.6 Å². The van der Waals surface area contributed by atoms with E-state index in [9.17, 15) is 0 Å². The van der Waals surface area contributed by atoms with Crippen LogP contribution < -0.4 is 15.4 Å². The third-order valence-corrected chi connectivity index (χ3v) is 3.07. The summed E-state index contributed by atoms with van der Waals surface area (Å²) >= 11 is 3.45. The summed E-state index contributed by atoms with van der Waals surface area (Å²) in [6.07, 6.45) is 0. The number of benzene rings is 1. The predicted molar refractivity (Wildman–Crippen MR) is 82.7 cm³/mol. The molecule has 1 heterocycles. The molecule has 1 aromatic carbocycles. The van der Waals surface area contributed by atoms with Gasteiger partial charge in [-0.25, -0.2) is 0 Å². The molecule has 7 heteroatoms. The lowest BCUT2D eigenvalue weighted by Crippen LogP contribution is -2.08. The van der Waals surface area contributed by atoms with E-state index in [0.29, 0.717) is 11.9 Å². The maximum atomic E-state index is 5.08. The van der Waals surface area contributed by atoms with Crippen molar-refractivity contribution in [3.8, 4) is 6.01 Å². The highest BCUT2D eigenvalue weighted by atomic mass is 79.9. The van der Waals surface area contributed by atoms with Crippen LogP contribution in [0.1, 0.15) is 12.5 Å².